The summed E-state index contributed by atoms with van der Waals surface area (Å²) in [6, 6.07) is 16.7. The second kappa shape index (κ2) is 7.23. The summed E-state index contributed by atoms with van der Waals surface area (Å²) in [5.41, 5.74) is 4.59. The monoisotopic (exact) mass is 453 g/mol. The highest BCUT2D eigenvalue weighted by molar-refractivity contribution is 5.94. The molecule has 3 heterocycles. The van der Waals surface area contributed by atoms with Crippen LogP contribution in [-0.2, 0) is 21.4 Å². The number of carbonyl (C=O) groups excluding carboxylic acids is 2. The Hall–Kier alpha value is -4.04. The fourth-order valence-corrected chi connectivity index (χ4v) is 6.19. The summed E-state index contributed by atoms with van der Waals surface area (Å²) < 4.78 is 5.48. The molecule has 34 heavy (non-hydrogen) atoms. The van der Waals surface area contributed by atoms with Crippen LogP contribution < -0.4 is 10.2 Å². The number of benzene rings is 2. The van der Waals surface area contributed by atoms with Crippen molar-refractivity contribution < 1.29 is 14.3 Å². The molecular weight excluding hydrogens is 430 g/mol. The van der Waals surface area contributed by atoms with Gasteiger partial charge >= 0.3 is 6.09 Å². The zero-order valence-electron chi connectivity index (χ0n) is 18.7. The van der Waals surface area contributed by atoms with E-state index in [1.165, 1.54) is 6.92 Å². The minimum absolute atomic E-state index is 0.121. The first-order chi connectivity index (χ1) is 16.5. The van der Waals surface area contributed by atoms with Crippen LogP contribution in [0.25, 0.3) is 11.1 Å². The smallest absolute Gasteiger partial charge is 0.415 e. The predicted molar refractivity (Wildman–Crippen MR) is 122 cm³/mol. The maximum atomic E-state index is 12.5. The van der Waals surface area contributed by atoms with Crippen molar-refractivity contribution in [2.75, 3.05) is 24.5 Å². The van der Waals surface area contributed by atoms with Crippen molar-refractivity contribution in [3.8, 4) is 23.4 Å². The summed E-state index contributed by atoms with van der Waals surface area (Å²) in [5.74, 6) is 0.300. The van der Waals surface area contributed by atoms with Crippen LogP contribution in [0.15, 0.2) is 42.5 Å². The molecular formula is C26H23N5O3. The third-order valence-electron chi connectivity index (χ3n) is 7.93. The first kappa shape index (κ1) is 20.6. The highest BCUT2D eigenvalue weighted by atomic mass is 16.6. The highest BCUT2D eigenvalue weighted by Gasteiger charge is 2.70. The Bertz CT molecular complexity index is 1280. The second-order valence-electron chi connectivity index (χ2n) is 9.62. The average molecular weight is 454 g/mol. The van der Waals surface area contributed by atoms with Gasteiger partial charge in [0, 0.05) is 31.8 Å². The molecule has 2 amide bonds. The summed E-state index contributed by atoms with van der Waals surface area (Å²) in [5, 5.41) is 21.8. The van der Waals surface area contributed by atoms with Gasteiger partial charge in [0.05, 0.1) is 29.8 Å². The number of cyclic esters (lactones) is 1. The molecule has 2 saturated heterocycles. The van der Waals surface area contributed by atoms with Gasteiger partial charge in [0.1, 0.15) is 6.10 Å². The Morgan fingerprint density at radius 2 is 1.85 bits per heavy atom. The molecule has 1 unspecified atom stereocenters. The number of nitriles is 2. The largest absolute Gasteiger partial charge is 0.442 e. The maximum Gasteiger partial charge on any atom is 0.415 e. The van der Waals surface area contributed by atoms with Gasteiger partial charge < -0.3 is 15.0 Å². The van der Waals surface area contributed by atoms with Crippen molar-refractivity contribution in [3.05, 3.63) is 53.6 Å². The number of hydrogen-bond donors (Lipinski definition) is 1. The molecule has 2 aromatic carbocycles. The lowest BCUT2D eigenvalue weighted by atomic mass is 9.90. The zero-order chi connectivity index (χ0) is 23.6. The standard InChI is InChI=1S/C26H23N5O3/c1-15(32)29-10-24-23-9-18-8-17(4-7-22(18)31(23)25(33)34-24)16-2-5-19(6-3-16)26(13-27)20-11-30(14-28)12-21(20)26/h2-8,20-21,23-24H,9-12H2,1H3,(H,29,32)/t20-,21+,23-,24-,26?/m0/s1. The van der Waals surface area contributed by atoms with E-state index in [0.29, 0.717) is 26.1 Å². The SMILES string of the molecule is CC(=O)NC[C@@H]1OC(=O)N2c3ccc(-c4ccc(C5(C#N)[C@@H]6CN(C#N)C[C@@H]65)cc4)cc3C[C@@H]12. The Morgan fingerprint density at radius 1 is 1.15 bits per heavy atom. The van der Waals surface area contributed by atoms with E-state index in [0.717, 1.165) is 27.9 Å². The van der Waals surface area contributed by atoms with Gasteiger partial charge in [-0.3, -0.25) is 9.69 Å². The summed E-state index contributed by atoms with van der Waals surface area (Å²) in [7, 11) is 0. The molecule has 1 aliphatic carbocycles. The lowest BCUT2D eigenvalue weighted by Gasteiger charge is -2.18. The van der Waals surface area contributed by atoms with E-state index in [2.05, 4.69) is 35.8 Å². The van der Waals surface area contributed by atoms with Crippen molar-refractivity contribution >= 4 is 17.7 Å². The minimum Gasteiger partial charge on any atom is -0.442 e. The van der Waals surface area contributed by atoms with E-state index in [4.69, 9.17) is 10.00 Å². The van der Waals surface area contributed by atoms with Gasteiger partial charge in [-0.05, 0) is 40.8 Å². The third-order valence-corrected chi connectivity index (χ3v) is 7.93. The van der Waals surface area contributed by atoms with Gasteiger partial charge in [-0.2, -0.15) is 10.5 Å². The Labute approximate surface area is 197 Å². The third kappa shape index (κ3) is 2.82. The van der Waals surface area contributed by atoms with Gasteiger partial charge in [-0.15, -0.1) is 0 Å². The number of amides is 2. The van der Waals surface area contributed by atoms with Crippen LogP contribution in [0.3, 0.4) is 0 Å². The van der Waals surface area contributed by atoms with Crippen LogP contribution >= 0.6 is 0 Å². The molecule has 0 spiro atoms. The Morgan fingerprint density at radius 3 is 2.50 bits per heavy atom. The summed E-state index contributed by atoms with van der Waals surface area (Å²) >= 11 is 0. The number of rotatable bonds is 4. The number of nitrogens with zero attached hydrogens (tertiary/aromatic N) is 4. The van der Waals surface area contributed by atoms with Crippen LogP contribution in [0, 0.1) is 34.6 Å². The fraction of sp³-hybridized carbons (Fsp3) is 0.385. The number of carbonyl (C=O) groups is 2. The molecule has 6 rings (SSSR count). The van der Waals surface area contributed by atoms with Crippen molar-refractivity contribution in [3.63, 3.8) is 0 Å². The summed E-state index contributed by atoms with van der Waals surface area (Å²) in [6.45, 7) is 3.07. The first-order valence-electron chi connectivity index (χ1n) is 11.5. The number of anilines is 1. The molecule has 8 nitrogen and oxygen atoms in total. The number of likely N-dealkylation sites (tertiary alicyclic amines) is 1. The fourth-order valence-electron chi connectivity index (χ4n) is 6.19. The molecule has 170 valence electrons. The molecule has 1 saturated carbocycles. The van der Waals surface area contributed by atoms with E-state index in [9.17, 15) is 14.9 Å². The molecule has 0 bridgehead atoms. The molecule has 1 N–H and O–H groups in total. The van der Waals surface area contributed by atoms with Gasteiger partial charge in [-0.1, -0.05) is 30.3 Å². The molecule has 4 aliphatic rings. The normalized spacial score (nSPS) is 30.0. The predicted octanol–water partition coefficient (Wildman–Crippen LogP) is 2.54. The van der Waals surface area contributed by atoms with E-state index >= 15 is 0 Å². The Kier molecular flexibility index (Phi) is 4.37. The van der Waals surface area contributed by atoms with Gasteiger partial charge in [0.2, 0.25) is 5.91 Å². The highest BCUT2D eigenvalue weighted by Crippen LogP contribution is 2.63. The van der Waals surface area contributed by atoms with Crippen molar-refractivity contribution in [2.45, 2.75) is 30.9 Å². The number of fused-ring (bicyclic) bond motifs is 4. The van der Waals surface area contributed by atoms with Crippen LogP contribution in [0.2, 0.25) is 0 Å². The van der Waals surface area contributed by atoms with Crippen LogP contribution in [0.4, 0.5) is 10.5 Å². The number of piperidine rings is 1. The first-order valence-corrected chi connectivity index (χ1v) is 11.5. The summed E-state index contributed by atoms with van der Waals surface area (Å²) in [4.78, 5) is 27.2. The minimum atomic E-state index is -0.474. The molecule has 0 aromatic heterocycles. The van der Waals surface area contributed by atoms with Crippen molar-refractivity contribution in [1.29, 1.82) is 10.5 Å². The lowest BCUT2D eigenvalue weighted by Crippen LogP contribution is -2.40. The number of ether oxygens (including phenoxy) is 1. The van der Waals surface area contributed by atoms with E-state index < -0.39 is 5.41 Å². The van der Waals surface area contributed by atoms with Gasteiger partial charge in [-0.25, -0.2) is 4.79 Å². The van der Waals surface area contributed by atoms with E-state index in [1.807, 2.05) is 24.3 Å². The lowest BCUT2D eigenvalue weighted by molar-refractivity contribution is -0.119. The molecule has 5 atom stereocenters. The van der Waals surface area contributed by atoms with E-state index in [-0.39, 0.29) is 36.0 Å². The Balaban J connectivity index is 1.22. The van der Waals surface area contributed by atoms with Crippen LogP contribution in [0.1, 0.15) is 18.1 Å². The molecule has 3 fully saturated rings. The maximum absolute atomic E-state index is 12.5. The van der Waals surface area contributed by atoms with Gasteiger partial charge in [0.15, 0.2) is 6.19 Å². The zero-order valence-corrected chi connectivity index (χ0v) is 18.7. The van der Waals surface area contributed by atoms with E-state index in [1.54, 1.807) is 9.80 Å². The second-order valence-corrected chi connectivity index (χ2v) is 9.62. The average Bonchev–Trinajstić information content (AvgIpc) is 3.20. The molecule has 8 heteroatoms. The van der Waals surface area contributed by atoms with Gasteiger partial charge in [0.25, 0.3) is 0 Å². The molecule has 2 aromatic rings. The van der Waals surface area contributed by atoms with Crippen LogP contribution in [-0.4, -0.2) is 48.7 Å². The number of hydrogen-bond acceptors (Lipinski definition) is 6. The van der Waals surface area contributed by atoms with Crippen LogP contribution in [0.5, 0.6) is 0 Å². The summed E-state index contributed by atoms with van der Waals surface area (Å²) in [6.07, 6.45) is 2.12. The number of nitrogens with one attached hydrogen (secondary N) is 1. The topological polar surface area (TPSA) is 109 Å². The molecule has 3 aliphatic heterocycles. The van der Waals surface area contributed by atoms with Crippen molar-refractivity contribution in [2.24, 2.45) is 11.8 Å². The molecule has 0 radical (unpaired) electrons. The van der Waals surface area contributed by atoms with Crippen molar-refractivity contribution in [1.82, 2.24) is 10.2 Å². The quantitative estimate of drug-likeness (QED) is 0.713.